The maximum atomic E-state index is 13.1. The van der Waals surface area contributed by atoms with Gasteiger partial charge in [0.15, 0.2) is 0 Å². The fraction of sp³-hybridized carbons (Fsp3) is 0.333. The molecule has 1 amide bonds. The van der Waals surface area contributed by atoms with Crippen LogP contribution in [0.2, 0.25) is 0 Å². The van der Waals surface area contributed by atoms with Crippen molar-refractivity contribution in [2.24, 2.45) is 0 Å². The topological polar surface area (TPSA) is 59.1 Å². The Kier molecular flexibility index (Phi) is 6.08. The zero-order valence-corrected chi connectivity index (χ0v) is 15.6. The van der Waals surface area contributed by atoms with E-state index in [-0.39, 0.29) is 5.91 Å². The number of rotatable bonds is 5. The second-order valence-electron chi connectivity index (χ2n) is 6.46. The standard InChI is InChI=1S/C21H24N2O4/c1-26-19-11-7-6-10-17(19)20(24)23-13-12-22(15-18(23)21(25)27-2)14-16-8-4-3-5-9-16/h3-11,18H,12-15H2,1-2H3. The molecule has 0 spiro atoms. The lowest BCUT2D eigenvalue weighted by Crippen LogP contribution is -2.58. The van der Waals surface area contributed by atoms with E-state index in [1.165, 1.54) is 19.8 Å². The molecule has 6 nitrogen and oxygen atoms in total. The summed E-state index contributed by atoms with van der Waals surface area (Å²) in [5, 5.41) is 0. The minimum absolute atomic E-state index is 0.220. The fourth-order valence-corrected chi connectivity index (χ4v) is 3.38. The molecule has 0 bridgehead atoms. The van der Waals surface area contributed by atoms with Crippen molar-refractivity contribution in [1.82, 2.24) is 9.80 Å². The number of benzene rings is 2. The molecule has 0 radical (unpaired) electrons. The molecule has 1 saturated heterocycles. The summed E-state index contributed by atoms with van der Waals surface area (Å²) in [6.45, 7) is 2.29. The quantitative estimate of drug-likeness (QED) is 0.758. The average Bonchev–Trinajstić information content (AvgIpc) is 2.73. The first kappa shape index (κ1) is 18.9. The van der Waals surface area contributed by atoms with Crippen molar-refractivity contribution in [1.29, 1.82) is 0 Å². The number of amides is 1. The van der Waals surface area contributed by atoms with Crippen LogP contribution in [-0.4, -0.2) is 61.6 Å². The zero-order chi connectivity index (χ0) is 19.2. The average molecular weight is 368 g/mol. The Labute approximate surface area is 159 Å². The van der Waals surface area contributed by atoms with Gasteiger partial charge in [-0.05, 0) is 17.7 Å². The maximum absolute atomic E-state index is 13.1. The molecule has 0 aliphatic carbocycles. The first-order chi connectivity index (χ1) is 13.1. The summed E-state index contributed by atoms with van der Waals surface area (Å²) in [7, 11) is 2.88. The zero-order valence-electron chi connectivity index (χ0n) is 15.6. The first-order valence-electron chi connectivity index (χ1n) is 8.92. The summed E-state index contributed by atoms with van der Waals surface area (Å²) in [4.78, 5) is 29.2. The van der Waals surface area contributed by atoms with Gasteiger partial charge in [0.1, 0.15) is 11.8 Å². The van der Waals surface area contributed by atoms with Gasteiger partial charge < -0.3 is 14.4 Å². The van der Waals surface area contributed by atoms with Crippen molar-refractivity contribution < 1.29 is 19.1 Å². The smallest absolute Gasteiger partial charge is 0.329 e. The van der Waals surface area contributed by atoms with Crippen LogP contribution in [-0.2, 0) is 16.1 Å². The van der Waals surface area contributed by atoms with E-state index >= 15 is 0 Å². The summed E-state index contributed by atoms with van der Waals surface area (Å²) in [6.07, 6.45) is 0. The summed E-state index contributed by atoms with van der Waals surface area (Å²) < 4.78 is 10.3. The lowest BCUT2D eigenvalue weighted by molar-refractivity contribution is -0.148. The van der Waals surface area contributed by atoms with Crippen LogP contribution >= 0.6 is 0 Å². The molecule has 2 aromatic carbocycles. The van der Waals surface area contributed by atoms with E-state index in [1.807, 2.05) is 24.3 Å². The van der Waals surface area contributed by atoms with Crippen molar-refractivity contribution in [2.75, 3.05) is 33.9 Å². The van der Waals surface area contributed by atoms with E-state index in [9.17, 15) is 9.59 Å². The normalized spacial score (nSPS) is 17.4. The van der Waals surface area contributed by atoms with Crippen LogP contribution in [0.3, 0.4) is 0 Å². The van der Waals surface area contributed by atoms with E-state index in [2.05, 4.69) is 17.0 Å². The molecule has 0 saturated carbocycles. The molecular weight excluding hydrogens is 344 g/mol. The Morgan fingerprint density at radius 1 is 1.00 bits per heavy atom. The second kappa shape index (κ2) is 8.68. The summed E-state index contributed by atoms with van der Waals surface area (Å²) in [5.74, 6) is -0.129. The van der Waals surface area contributed by atoms with Gasteiger partial charge >= 0.3 is 5.97 Å². The predicted octanol–water partition coefficient (Wildman–Crippen LogP) is 2.19. The Bertz CT molecular complexity index is 794. The van der Waals surface area contributed by atoms with Crippen LogP contribution in [0.15, 0.2) is 54.6 Å². The molecule has 2 aromatic rings. The van der Waals surface area contributed by atoms with Gasteiger partial charge in [-0.15, -0.1) is 0 Å². The Morgan fingerprint density at radius 2 is 1.70 bits per heavy atom. The summed E-state index contributed by atoms with van der Waals surface area (Å²) in [5.41, 5.74) is 1.62. The number of hydrogen-bond acceptors (Lipinski definition) is 5. The third-order valence-corrected chi connectivity index (χ3v) is 4.78. The number of carbonyl (C=O) groups excluding carboxylic acids is 2. The van der Waals surface area contributed by atoms with E-state index in [4.69, 9.17) is 9.47 Å². The lowest BCUT2D eigenvalue weighted by Gasteiger charge is -2.40. The minimum Gasteiger partial charge on any atom is -0.496 e. The number of para-hydroxylation sites is 1. The predicted molar refractivity (Wildman–Crippen MR) is 102 cm³/mol. The van der Waals surface area contributed by atoms with Crippen LogP contribution < -0.4 is 4.74 Å². The molecule has 1 aliphatic rings. The molecule has 142 valence electrons. The van der Waals surface area contributed by atoms with Crippen LogP contribution in [0.5, 0.6) is 5.75 Å². The Morgan fingerprint density at radius 3 is 2.41 bits per heavy atom. The fourth-order valence-electron chi connectivity index (χ4n) is 3.38. The molecule has 0 N–H and O–H groups in total. The molecule has 1 aliphatic heterocycles. The van der Waals surface area contributed by atoms with E-state index < -0.39 is 12.0 Å². The summed E-state index contributed by atoms with van der Waals surface area (Å²) in [6, 6.07) is 16.5. The molecule has 1 atom stereocenters. The first-order valence-corrected chi connectivity index (χ1v) is 8.92. The molecular formula is C21H24N2O4. The Balaban J connectivity index is 1.79. The van der Waals surface area contributed by atoms with E-state index in [0.717, 1.165) is 6.54 Å². The lowest BCUT2D eigenvalue weighted by atomic mass is 10.1. The minimum atomic E-state index is -0.648. The van der Waals surface area contributed by atoms with Crippen molar-refractivity contribution >= 4 is 11.9 Å². The van der Waals surface area contributed by atoms with Crippen molar-refractivity contribution in [3.8, 4) is 5.75 Å². The number of hydrogen-bond donors (Lipinski definition) is 0. The molecule has 1 fully saturated rings. The van der Waals surface area contributed by atoms with Gasteiger partial charge in [-0.1, -0.05) is 42.5 Å². The second-order valence-corrected chi connectivity index (χ2v) is 6.46. The highest BCUT2D eigenvalue weighted by atomic mass is 16.5. The number of nitrogens with zero attached hydrogens (tertiary/aromatic N) is 2. The number of piperazine rings is 1. The van der Waals surface area contributed by atoms with E-state index in [1.54, 1.807) is 23.1 Å². The molecule has 0 aromatic heterocycles. The molecule has 3 rings (SSSR count). The largest absolute Gasteiger partial charge is 0.496 e. The maximum Gasteiger partial charge on any atom is 0.329 e. The Hall–Kier alpha value is -2.86. The van der Waals surface area contributed by atoms with Gasteiger partial charge in [0.2, 0.25) is 0 Å². The van der Waals surface area contributed by atoms with Gasteiger partial charge in [-0.3, -0.25) is 9.69 Å². The van der Waals surface area contributed by atoms with Crippen LogP contribution in [0.25, 0.3) is 0 Å². The number of ether oxygens (including phenoxy) is 2. The SMILES string of the molecule is COC(=O)C1CN(Cc2ccccc2)CCN1C(=O)c1ccccc1OC. The van der Waals surface area contributed by atoms with Gasteiger partial charge in [0.25, 0.3) is 5.91 Å². The van der Waals surface area contributed by atoms with Gasteiger partial charge in [0.05, 0.1) is 19.8 Å². The number of carbonyl (C=O) groups is 2. The molecule has 27 heavy (non-hydrogen) atoms. The highest BCUT2D eigenvalue weighted by Gasteiger charge is 2.37. The number of esters is 1. The number of methoxy groups -OCH3 is 2. The third-order valence-electron chi connectivity index (χ3n) is 4.78. The molecule has 1 unspecified atom stereocenters. The summed E-state index contributed by atoms with van der Waals surface area (Å²) >= 11 is 0. The highest BCUT2D eigenvalue weighted by molar-refractivity contribution is 5.99. The van der Waals surface area contributed by atoms with Crippen LogP contribution in [0.4, 0.5) is 0 Å². The third kappa shape index (κ3) is 4.28. The van der Waals surface area contributed by atoms with Crippen LogP contribution in [0, 0.1) is 0 Å². The van der Waals surface area contributed by atoms with Crippen molar-refractivity contribution in [2.45, 2.75) is 12.6 Å². The highest BCUT2D eigenvalue weighted by Crippen LogP contribution is 2.23. The van der Waals surface area contributed by atoms with Crippen molar-refractivity contribution in [3.05, 3.63) is 65.7 Å². The van der Waals surface area contributed by atoms with Crippen molar-refractivity contribution in [3.63, 3.8) is 0 Å². The van der Waals surface area contributed by atoms with Gasteiger partial charge in [0, 0.05) is 26.2 Å². The van der Waals surface area contributed by atoms with E-state index in [0.29, 0.717) is 30.9 Å². The molecule has 1 heterocycles. The monoisotopic (exact) mass is 368 g/mol. The van der Waals surface area contributed by atoms with Gasteiger partial charge in [-0.2, -0.15) is 0 Å². The molecule has 6 heteroatoms. The van der Waals surface area contributed by atoms with Gasteiger partial charge in [-0.25, -0.2) is 4.79 Å². The van der Waals surface area contributed by atoms with Crippen LogP contribution in [0.1, 0.15) is 15.9 Å².